The molecule has 0 bridgehead atoms. The van der Waals surface area contributed by atoms with Crippen LogP contribution in [0.4, 0.5) is 0 Å². The van der Waals surface area contributed by atoms with Gasteiger partial charge in [0, 0.05) is 6.04 Å². The quantitative estimate of drug-likeness (QED) is 0.677. The van der Waals surface area contributed by atoms with E-state index in [0.717, 1.165) is 12.8 Å². The first-order chi connectivity index (χ1) is 9.16. The van der Waals surface area contributed by atoms with Gasteiger partial charge < -0.3 is 10.1 Å². The highest BCUT2D eigenvalue weighted by atomic mass is 32.2. The lowest BCUT2D eigenvalue weighted by molar-refractivity contribution is -0.140. The molecule has 0 saturated carbocycles. The van der Waals surface area contributed by atoms with Crippen LogP contribution >= 0.6 is 0 Å². The number of rotatable bonds is 8. The summed E-state index contributed by atoms with van der Waals surface area (Å²) in [5.41, 5.74) is 0. The van der Waals surface area contributed by atoms with Gasteiger partial charge in [0.05, 0.1) is 18.8 Å². The molecule has 1 N–H and O–H groups in total. The van der Waals surface area contributed by atoms with Gasteiger partial charge in [-0.2, -0.15) is 0 Å². The summed E-state index contributed by atoms with van der Waals surface area (Å²) in [7, 11) is -2.52. The van der Waals surface area contributed by atoms with Crippen molar-refractivity contribution in [1.29, 1.82) is 0 Å². The molecule has 0 fully saturated rings. The molecule has 0 aliphatic carbocycles. The van der Waals surface area contributed by atoms with Crippen molar-refractivity contribution >= 4 is 21.7 Å². The van der Waals surface area contributed by atoms with Crippen molar-refractivity contribution in [1.82, 2.24) is 5.32 Å². The number of nitrogens with one attached hydrogen (secondary N) is 1. The van der Waals surface area contributed by atoms with Crippen LogP contribution in [-0.4, -0.2) is 43.9 Å². The Morgan fingerprint density at radius 2 is 1.75 bits per heavy atom. The van der Waals surface area contributed by atoms with E-state index in [1.165, 1.54) is 21.0 Å². The molecule has 3 unspecified atom stereocenters. The minimum absolute atomic E-state index is 0.0685. The summed E-state index contributed by atoms with van der Waals surface area (Å²) in [6.07, 6.45) is 1.44. The lowest BCUT2D eigenvalue weighted by Gasteiger charge is -2.20. The number of hydrogen-bond acceptors (Lipinski definition) is 5. The standard InChI is InChI=1S/C13H25NO5S/c1-6-7-9(2)14-13(16)11(4)20(17,18)10(3)8-12(15)19-5/h9-11H,6-8H2,1-5H3,(H,14,16). The molecule has 0 aromatic carbocycles. The van der Waals surface area contributed by atoms with Gasteiger partial charge in [0.2, 0.25) is 5.91 Å². The van der Waals surface area contributed by atoms with Gasteiger partial charge in [-0.3, -0.25) is 9.59 Å². The van der Waals surface area contributed by atoms with Gasteiger partial charge in [0.15, 0.2) is 9.84 Å². The zero-order chi connectivity index (χ0) is 15.9. The van der Waals surface area contributed by atoms with E-state index >= 15 is 0 Å². The molecule has 20 heavy (non-hydrogen) atoms. The second kappa shape index (κ2) is 8.24. The minimum atomic E-state index is -3.72. The molecular formula is C13H25NO5S. The predicted molar refractivity (Wildman–Crippen MR) is 77.0 cm³/mol. The molecule has 0 aromatic heterocycles. The van der Waals surface area contributed by atoms with Crippen LogP contribution in [0, 0.1) is 0 Å². The Kier molecular flexibility index (Phi) is 7.78. The maximum atomic E-state index is 12.2. The van der Waals surface area contributed by atoms with Gasteiger partial charge >= 0.3 is 5.97 Å². The highest BCUT2D eigenvalue weighted by Crippen LogP contribution is 2.14. The van der Waals surface area contributed by atoms with Gasteiger partial charge in [-0.05, 0) is 27.2 Å². The summed E-state index contributed by atoms with van der Waals surface area (Å²) in [4.78, 5) is 23.1. The molecule has 0 aliphatic heterocycles. The van der Waals surface area contributed by atoms with Crippen molar-refractivity contribution in [2.75, 3.05) is 7.11 Å². The lowest BCUT2D eigenvalue weighted by atomic mass is 10.2. The topological polar surface area (TPSA) is 89.5 Å². The van der Waals surface area contributed by atoms with Crippen molar-refractivity contribution in [2.24, 2.45) is 0 Å². The maximum absolute atomic E-state index is 12.2. The fraction of sp³-hybridized carbons (Fsp3) is 0.846. The number of carbonyl (C=O) groups excluding carboxylic acids is 2. The fourth-order valence-electron chi connectivity index (χ4n) is 1.80. The molecule has 0 saturated heterocycles. The molecule has 0 aliphatic rings. The molecule has 0 spiro atoms. The average molecular weight is 307 g/mol. The van der Waals surface area contributed by atoms with Crippen LogP contribution in [0.25, 0.3) is 0 Å². The Morgan fingerprint density at radius 3 is 2.20 bits per heavy atom. The summed E-state index contributed by atoms with van der Waals surface area (Å²) >= 11 is 0. The van der Waals surface area contributed by atoms with E-state index in [-0.39, 0.29) is 12.5 Å². The van der Waals surface area contributed by atoms with Gasteiger partial charge in [0.25, 0.3) is 0 Å². The highest BCUT2D eigenvalue weighted by Gasteiger charge is 2.34. The van der Waals surface area contributed by atoms with E-state index < -0.39 is 32.2 Å². The zero-order valence-electron chi connectivity index (χ0n) is 12.8. The third-order valence-corrected chi connectivity index (χ3v) is 5.70. The molecule has 7 heteroatoms. The SMILES string of the molecule is CCCC(C)NC(=O)C(C)S(=O)(=O)C(C)CC(=O)OC. The smallest absolute Gasteiger partial charge is 0.306 e. The molecule has 0 aromatic rings. The third kappa shape index (κ3) is 5.48. The number of sulfone groups is 1. The number of methoxy groups -OCH3 is 1. The molecular weight excluding hydrogens is 282 g/mol. The Balaban J connectivity index is 4.76. The average Bonchev–Trinajstić information content (AvgIpc) is 2.37. The zero-order valence-corrected chi connectivity index (χ0v) is 13.6. The van der Waals surface area contributed by atoms with Crippen LogP contribution in [-0.2, 0) is 24.2 Å². The number of amides is 1. The van der Waals surface area contributed by atoms with E-state index in [1.807, 2.05) is 13.8 Å². The van der Waals surface area contributed by atoms with Gasteiger partial charge in [-0.1, -0.05) is 13.3 Å². The number of ether oxygens (including phenoxy) is 1. The number of hydrogen-bond donors (Lipinski definition) is 1. The Hall–Kier alpha value is -1.11. The van der Waals surface area contributed by atoms with Crippen LogP contribution < -0.4 is 5.32 Å². The molecule has 0 rings (SSSR count). The fourth-order valence-corrected chi connectivity index (χ4v) is 3.23. The van der Waals surface area contributed by atoms with Crippen molar-refractivity contribution in [2.45, 2.75) is 63.5 Å². The second-order valence-electron chi connectivity index (χ2n) is 5.02. The van der Waals surface area contributed by atoms with Crippen LogP contribution in [0.1, 0.15) is 47.0 Å². The largest absolute Gasteiger partial charge is 0.469 e. The highest BCUT2D eigenvalue weighted by molar-refractivity contribution is 7.93. The first kappa shape index (κ1) is 18.9. The van der Waals surface area contributed by atoms with Crippen LogP contribution in [0.2, 0.25) is 0 Å². The van der Waals surface area contributed by atoms with E-state index in [9.17, 15) is 18.0 Å². The first-order valence-electron chi connectivity index (χ1n) is 6.76. The van der Waals surface area contributed by atoms with E-state index in [1.54, 1.807) is 0 Å². The molecule has 6 nitrogen and oxygen atoms in total. The Bertz CT molecular complexity index is 432. The van der Waals surface area contributed by atoms with E-state index in [4.69, 9.17) is 0 Å². The monoisotopic (exact) mass is 307 g/mol. The Morgan fingerprint density at radius 1 is 1.20 bits per heavy atom. The van der Waals surface area contributed by atoms with Crippen molar-refractivity contribution in [3.63, 3.8) is 0 Å². The lowest BCUT2D eigenvalue weighted by Crippen LogP contribution is -2.45. The molecule has 0 radical (unpaired) electrons. The number of carbonyl (C=O) groups is 2. The summed E-state index contributed by atoms with van der Waals surface area (Å²) in [6.45, 7) is 6.57. The van der Waals surface area contributed by atoms with Crippen LogP contribution in [0.5, 0.6) is 0 Å². The van der Waals surface area contributed by atoms with Crippen molar-refractivity contribution < 1.29 is 22.7 Å². The van der Waals surface area contributed by atoms with Gasteiger partial charge in [-0.25, -0.2) is 8.42 Å². The molecule has 0 heterocycles. The normalized spacial score (nSPS) is 16.1. The van der Waals surface area contributed by atoms with Crippen molar-refractivity contribution in [3.05, 3.63) is 0 Å². The molecule has 118 valence electrons. The third-order valence-electron chi connectivity index (χ3n) is 3.22. The van der Waals surface area contributed by atoms with Crippen LogP contribution in [0.15, 0.2) is 0 Å². The minimum Gasteiger partial charge on any atom is -0.469 e. The summed E-state index contributed by atoms with van der Waals surface area (Å²) < 4.78 is 28.8. The van der Waals surface area contributed by atoms with Crippen LogP contribution in [0.3, 0.4) is 0 Å². The summed E-state index contributed by atoms with van der Waals surface area (Å²) in [6, 6.07) is -0.0685. The van der Waals surface area contributed by atoms with Gasteiger partial charge in [0.1, 0.15) is 5.25 Å². The molecule has 1 amide bonds. The van der Waals surface area contributed by atoms with Gasteiger partial charge in [-0.15, -0.1) is 0 Å². The maximum Gasteiger partial charge on any atom is 0.306 e. The van der Waals surface area contributed by atoms with Crippen molar-refractivity contribution in [3.8, 4) is 0 Å². The number of esters is 1. The summed E-state index contributed by atoms with van der Waals surface area (Å²) in [5.74, 6) is -1.13. The predicted octanol–water partition coefficient (Wildman–Crippen LogP) is 1.05. The Labute approximate surface area is 121 Å². The second-order valence-corrected chi connectivity index (χ2v) is 7.71. The summed E-state index contributed by atoms with van der Waals surface area (Å²) in [5, 5.41) is 0.548. The molecule has 3 atom stereocenters. The first-order valence-corrected chi connectivity index (χ1v) is 8.37. The van der Waals surface area contributed by atoms with E-state index in [2.05, 4.69) is 10.1 Å². The van der Waals surface area contributed by atoms with E-state index in [0.29, 0.717) is 0 Å².